The van der Waals surface area contributed by atoms with Crippen LogP contribution in [0.15, 0.2) is 12.4 Å². The van der Waals surface area contributed by atoms with E-state index in [9.17, 15) is 4.79 Å². The first kappa shape index (κ1) is 12.0. The van der Waals surface area contributed by atoms with Gasteiger partial charge in [0.2, 0.25) is 5.91 Å². The summed E-state index contributed by atoms with van der Waals surface area (Å²) in [5.74, 6) is 0.738. The van der Waals surface area contributed by atoms with E-state index in [1.165, 1.54) is 12.8 Å². The van der Waals surface area contributed by atoms with Gasteiger partial charge in [0, 0.05) is 12.2 Å². The minimum absolute atomic E-state index is 0.0206. The molecule has 17 heavy (non-hydrogen) atoms. The average Bonchev–Trinajstić information content (AvgIpc) is 2.63. The van der Waals surface area contributed by atoms with Gasteiger partial charge in [-0.05, 0) is 18.8 Å². The fraction of sp³-hybridized carbons (Fsp3) is 0.667. The van der Waals surface area contributed by atoms with Crippen molar-refractivity contribution in [3.8, 4) is 0 Å². The molecule has 5 nitrogen and oxygen atoms in total. The molecular formula is C12H20N4O. The van der Waals surface area contributed by atoms with Crippen LogP contribution >= 0.6 is 0 Å². The molecule has 1 heterocycles. The first-order valence-electron chi connectivity index (χ1n) is 6.21. The molecule has 3 N–H and O–H groups in total. The summed E-state index contributed by atoms with van der Waals surface area (Å²) in [6.45, 7) is 2.49. The summed E-state index contributed by atoms with van der Waals surface area (Å²) in [6.07, 6.45) is 7.90. The van der Waals surface area contributed by atoms with Crippen molar-refractivity contribution < 1.29 is 4.79 Å². The molecular weight excluding hydrogens is 216 g/mol. The molecule has 94 valence electrons. The summed E-state index contributed by atoms with van der Waals surface area (Å²) in [4.78, 5) is 11.8. The van der Waals surface area contributed by atoms with Gasteiger partial charge in [-0.15, -0.1) is 0 Å². The van der Waals surface area contributed by atoms with Gasteiger partial charge in [0.15, 0.2) is 0 Å². The zero-order chi connectivity index (χ0) is 12.3. The van der Waals surface area contributed by atoms with Crippen molar-refractivity contribution >= 4 is 11.6 Å². The Morgan fingerprint density at radius 2 is 2.47 bits per heavy atom. The van der Waals surface area contributed by atoms with Gasteiger partial charge >= 0.3 is 0 Å². The summed E-state index contributed by atoms with van der Waals surface area (Å²) in [6, 6.07) is 0.333. The zero-order valence-corrected chi connectivity index (χ0v) is 10.2. The summed E-state index contributed by atoms with van der Waals surface area (Å²) >= 11 is 0. The van der Waals surface area contributed by atoms with E-state index in [0.29, 0.717) is 11.7 Å². The fourth-order valence-electron chi connectivity index (χ4n) is 2.45. The molecule has 0 spiro atoms. The van der Waals surface area contributed by atoms with Gasteiger partial charge in [-0.2, -0.15) is 5.10 Å². The number of carbonyl (C=O) groups excluding carboxylic acids is 1. The Balaban J connectivity index is 1.80. The van der Waals surface area contributed by atoms with E-state index in [0.717, 1.165) is 18.8 Å². The number of nitrogens with two attached hydrogens (primary N) is 1. The second kappa shape index (κ2) is 5.21. The summed E-state index contributed by atoms with van der Waals surface area (Å²) in [7, 11) is 0. The molecule has 0 bridgehead atoms. The van der Waals surface area contributed by atoms with Crippen molar-refractivity contribution in [3.63, 3.8) is 0 Å². The molecule has 2 rings (SSSR count). The maximum absolute atomic E-state index is 11.8. The minimum atomic E-state index is 0.0206. The Morgan fingerprint density at radius 3 is 3.12 bits per heavy atom. The molecule has 0 radical (unpaired) electrons. The highest BCUT2D eigenvalue weighted by molar-refractivity contribution is 5.76. The van der Waals surface area contributed by atoms with Gasteiger partial charge in [0.25, 0.3) is 0 Å². The maximum Gasteiger partial charge on any atom is 0.241 e. The Hall–Kier alpha value is -1.52. The van der Waals surface area contributed by atoms with E-state index in [1.54, 1.807) is 17.1 Å². The molecule has 1 aromatic heterocycles. The van der Waals surface area contributed by atoms with Gasteiger partial charge in [0.05, 0.1) is 11.9 Å². The average molecular weight is 236 g/mol. The number of nitrogens with zero attached hydrogens (tertiary/aromatic N) is 2. The number of hydrogen-bond donors (Lipinski definition) is 2. The first-order valence-corrected chi connectivity index (χ1v) is 6.21. The topological polar surface area (TPSA) is 72.9 Å². The lowest BCUT2D eigenvalue weighted by Gasteiger charge is -2.27. The Bertz CT molecular complexity index is 388. The van der Waals surface area contributed by atoms with Crippen molar-refractivity contribution in [1.29, 1.82) is 0 Å². The lowest BCUT2D eigenvalue weighted by atomic mass is 9.87. The van der Waals surface area contributed by atoms with Crippen LogP contribution in [0.4, 0.5) is 5.69 Å². The monoisotopic (exact) mass is 236 g/mol. The van der Waals surface area contributed by atoms with Crippen LogP contribution in [0, 0.1) is 5.92 Å². The smallest absolute Gasteiger partial charge is 0.241 e. The molecule has 2 atom stereocenters. The van der Waals surface area contributed by atoms with E-state index in [1.807, 2.05) is 0 Å². The van der Waals surface area contributed by atoms with Crippen LogP contribution in [0.3, 0.4) is 0 Å². The fourth-order valence-corrected chi connectivity index (χ4v) is 2.45. The number of amides is 1. The van der Waals surface area contributed by atoms with Gasteiger partial charge in [-0.25, -0.2) is 0 Å². The van der Waals surface area contributed by atoms with Crippen molar-refractivity contribution in [1.82, 2.24) is 15.1 Å². The molecule has 1 aromatic rings. The predicted octanol–water partition coefficient (Wildman–Crippen LogP) is 1.16. The molecule has 1 aliphatic carbocycles. The molecule has 1 saturated carbocycles. The largest absolute Gasteiger partial charge is 0.396 e. The number of nitrogens with one attached hydrogen (secondary N) is 1. The molecule has 2 unspecified atom stereocenters. The van der Waals surface area contributed by atoms with E-state index in [2.05, 4.69) is 17.3 Å². The quantitative estimate of drug-likeness (QED) is 0.827. The summed E-state index contributed by atoms with van der Waals surface area (Å²) in [5.41, 5.74) is 6.13. The van der Waals surface area contributed by atoms with Gasteiger partial charge in [-0.1, -0.05) is 19.8 Å². The van der Waals surface area contributed by atoms with Gasteiger partial charge in [0.1, 0.15) is 6.54 Å². The van der Waals surface area contributed by atoms with Crippen LogP contribution in [-0.2, 0) is 11.3 Å². The zero-order valence-electron chi connectivity index (χ0n) is 10.2. The molecule has 0 saturated heterocycles. The second-order valence-corrected chi connectivity index (χ2v) is 5.01. The highest BCUT2D eigenvalue weighted by atomic mass is 16.2. The van der Waals surface area contributed by atoms with Crippen molar-refractivity contribution in [2.24, 2.45) is 5.92 Å². The Kier molecular flexibility index (Phi) is 3.66. The SMILES string of the molecule is CC1CCCC(NC(=O)Cn2cc(N)cn2)C1. The standard InChI is InChI=1S/C12H20N4O/c1-9-3-2-4-11(5-9)15-12(17)8-16-7-10(13)6-14-16/h6-7,9,11H,2-5,8,13H2,1H3,(H,15,17). The number of aromatic nitrogens is 2. The van der Waals surface area contributed by atoms with Crippen LogP contribution in [0.1, 0.15) is 32.6 Å². The van der Waals surface area contributed by atoms with Crippen LogP contribution in [0.25, 0.3) is 0 Å². The third-order valence-electron chi connectivity index (χ3n) is 3.26. The van der Waals surface area contributed by atoms with E-state index in [-0.39, 0.29) is 12.5 Å². The predicted molar refractivity (Wildman–Crippen MR) is 66.2 cm³/mol. The minimum Gasteiger partial charge on any atom is -0.396 e. The number of hydrogen-bond acceptors (Lipinski definition) is 3. The molecule has 1 amide bonds. The number of rotatable bonds is 3. The van der Waals surface area contributed by atoms with Crippen LogP contribution < -0.4 is 11.1 Å². The van der Waals surface area contributed by atoms with Crippen LogP contribution in [0.5, 0.6) is 0 Å². The lowest BCUT2D eigenvalue weighted by Crippen LogP contribution is -2.39. The molecule has 5 heteroatoms. The van der Waals surface area contributed by atoms with Crippen LogP contribution in [0.2, 0.25) is 0 Å². The molecule has 1 fully saturated rings. The summed E-state index contributed by atoms with van der Waals surface area (Å²) < 4.78 is 1.57. The van der Waals surface area contributed by atoms with E-state index in [4.69, 9.17) is 5.73 Å². The van der Waals surface area contributed by atoms with Crippen LogP contribution in [-0.4, -0.2) is 21.7 Å². The van der Waals surface area contributed by atoms with Gasteiger partial charge in [-0.3, -0.25) is 9.48 Å². The van der Waals surface area contributed by atoms with Gasteiger partial charge < -0.3 is 11.1 Å². The Labute approximate surface area is 101 Å². The molecule has 1 aliphatic rings. The maximum atomic E-state index is 11.8. The third-order valence-corrected chi connectivity index (χ3v) is 3.26. The molecule has 0 aliphatic heterocycles. The molecule has 0 aromatic carbocycles. The third kappa shape index (κ3) is 3.47. The van der Waals surface area contributed by atoms with E-state index < -0.39 is 0 Å². The van der Waals surface area contributed by atoms with E-state index >= 15 is 0 Å². The number of carbonyl (C=O) groups is 1. The first-order chi connectivity index (χ1) is 8.13. The van der Waals surface area contributed by atoms with Crippen molar-refractivity contribution in [2.75, 3.05) is 5.73 Å². The number of anilines is 1. The Morgan fingerprint density at radius 1 is 1.65 bits per heavy atom. The van der Waals surface area contributed by atoms with Crippen molar-refractivity contribution in [3.05, 3.63) is 12.4 Å². The van der Waals surface area contributed by atoms with Crippen molar-refractivity contribution in [2.45, 2.75) is 45.2 Å². The highest BCUT2D eigenvalue weighted by Crippen LogP contribution is 2.23. The second-order valence-electron chi connectivity index (χ2n) is 5.01. The normalized spacial score (nSPS) is 24.5. The summed E-state index contributed by atoms with van der Waals surface area (Å²) in [5, 5.41) is 7.06. The lowest BCUT2D eigenvalue weighted by molar-refractivity contribution is -0.122. The highest BCUT2D eigenvalue weighted by Gasteiger charge is 2.20. The number of nitrogen functional groups attached to an aromatic ring is 1.